The Morgan fingerprint density at radius 2 is 1.04 bits per heavy atom. The second kappa shape index (κ2) is 12.9. The molecule has 0 saturated heterocycles. The maximum atomic E-state index is 11.1. The second-order valence-corrected chi connectivity index (χ2v) is 12.4. The van der Waals surface area contributed by atoms with Crippen LogP contribution in [0.1, 0.15) is 54.2 Å². The van der Waals surface area contributed by atoms with Gasteiger partial charge in [-0.05, 0) is 94.3 Å². The Hall–Kier alpha value is -5.08. The van der Waals surface area contributed by atoms with E-state index in [9.17, 15) is 5.11 Å². The standard InChI is InChI=1S/C43H41NO/c1-5-32-16-22-39(23-17-32)44(41-26-20-35(21-27-41)34-12-8-6-9-13-34)40-24-18-33(19-25-40)29-36-30-38(28-31(2)42(36)45)43(3,4)37-14-10-7-11-15-37/h6-28,30,45H,5,29H2,1-4H3. The van der Waals surface area contributed by atoms with E-state index in [1.165, 1.54) is 27.8 Å². The molecule has 0 aliphatic carbocycles. The summed E-state index contributed by atoms with van der Waals surface area (Å²) in [5.74, 6) is 0.378. The van der Waals surface area contributed by atoms with Crippen molar-refractivity contribution in [3.05, 3.63) is 179 Å². The molecule has 0 aliphatic rings. The molecule has 2 heteroatoms. The van der Waals surface area contributed by atoms with Crippen molar-refractivity contribution in [2.24, 2.45) is 0 Å². The summed E-state index contributed by atoms with van der Waals surface area (Å²) >= 11 is 0. The van der Waals surface area contributed by atoms with Gasteiger partial charge in [0.25, 0.3) is 0 Å². The summed E-state index contributed by atoms with van der Waals surface area (Å²) in [6.07, 6.45) is 1.67. The average molecular weight is 588 g/mol. The summed E-state index contributed by atoms with van der Waals surface area (Å²) in [5.41, 5.74) is 12.3. The first-order valence-electron chi connectivity index (χ1n) is 15.9. The molecular weight excluding hydrogens is 546 g/mol. The fourth-order valence-electron chi connectivity index (χ4n) is 6.11. The lowest BCUT2D eigenvalue weighted by Gasteiger charge is -2.28. The van der Waals surface area contributed by atoms with Crippen LogP contribution in [0.15, 0.2) is 146 Å². The maximum Gasteiger partial charge on any atom is 0.122 e. The first-order valence-corrected chi connectivity index (χ1v) is 15.9. The molecule has 0 unspecified atom stereocenters. The van der Waals surface area contributed by atoms with Gasteiger partial charge in [-0.1, -0.05) is 130 Å². The monoisotopic (exact) mass is 587 g/mol. The molecule has 45 heavy (non-hydrogen) atoms. The Bertz CT molecular complexity index is 1850. The minimum absolute atomic E-state index is 0.178. The predicted octanol–water partition coefficient (Wildman–Crippen LogP) is 11.3. The number of phenolic OH excluding ortho intramolecular Hbond substituents is 1. The van der Waals surface area contributed by atoms with Crippen LogP contribution in [0.25, 0.3) is 11.1 Å². The number of benzene rings is 6. The van der Waals surface area contributed by atoms with Crippen LogP contribution in [0.5, 0.6) is 5.75 Å². The van der Waals surface area contributed by atoms with Crippen LogP contribution in [-0.2, 0) is 18.3 Å². The fourth-order valence-corrected chi connectivity index (χ4v) is 6.11. The van der Waals surface area contributed by atoms with Crippen LogP contribution in [0.4, 0.5) is 17.1 Å². The highest BCUT2D eigenvalue weighted by molar-refractivity contribution is 5.78. The smallest absolute Gasteiger partial charge is 0.122 e. The van der Waals surface area contributed by atoms with E-state index in [4.69, 9.17) is 0 Å². The van der Waals surface area contributed by atoms with Gasteiger partial charge in [-0.3, -0.25) is 0 Å². The van der Waals surface area contributed by atoms with Gasteiger partial charge in [-0.25, -0.2) is 0 Å². The highest BCUT2D eigenvalue weighted by Gasteiger charge is 2.25. The molecule has 0 aliphatic heterocycles. The zero-order valence-electron chi connectivity index (χ0n) is 26.7. The first-order chi connectivity index (χ1) is 21.8. The van der Waals surface area contributed by atoms with E-state index < -0.39 is 0 Å². The lowest BCUT2D eigenvalue weighted by molar-refractivity contribution is 0.464. The molecule has 6 rings (SSSR count). The molecule has 0 fully saturated rings. The number of anilines is 3. The summed E-state index contributed by atoms with van der Waals surface area (Å²) in [7, 11) is 0. The van der Waals surface area contributed by atoms with Gasteiger partial charge in [-0.15, -0.1) is 0 Å². The van der Waals surface area contributed by atoms with Crippen LogP contribution in [0.2, 0.25) is 0 Å². The Labute approximate surface area is 268 Å². The minimum atomic E-state index is -0.178. The Kier molecular flexibility index (Phi) is 8.58. The van der Waals surface area contributed by atoms with Crippen molar-refractivity contribution in [1.29, 1.82) is 0 Å². The van der Waals surface area contributed by atoms with Gasteiger partial charge in [0, 0.05) is 28.9 Å². The van der Waals surface area contributed by atoms with E-state index in [2.05, 4.69) is 165 Å². The molecule has 0 heterocycles. The Morgan fingerprint density at radius 1 is 0.556 bits per heavy atom. The van der Waals surface area contributed by atoms with E-state index in [-0.39, 0.29) is 5.41 Å². The maximum absolute atomic E-state index is 11.1. The van der Waals surface area contributed by atoms with E-state index in [1.54, 1.807) is 0 Å². The third-order valence-corrected chi connectivity index (χ3v) is 9.02. The summed E-state index contributed by atoms with van der Waals surface area (Å²) in [6.45, 7) is 8.68. The Balaban J connectivity index is 1.31. The van der Waals surface area contributed by atoms with Gasteiger partial charge in [0.2, 0.25) is 0 Å². The lowest BCUT2D eigenvalue weighted by Crippen LogP contribution is -2.19. The van der Waals surface area contributed by atoms with Crippen LogP contribution >= 0.6 is 0 Å². The van der Waals surface area contributed by atoms with E-state index in [0.29, 0.717) is 12.2 Å². The summed E-state index contributed by atoms with van der Waals surface area (Å²) in [4.78, 5) is 2.31. The summed E-state index contributed by atoms with van der Waals surface area (Å²) < 4.78 is 0. The molecule has 1 N–H and O–H groups in total. The molecule has 0 spiro atoms. The molecule has 0 amide bonds. The van der Waals surface area contributed by atoms with Crippen molar-refractivity contribution in [3.8, 4) is 16.9 Å². The van der Waals surface area contributed by atoms with Crippen LogP contribution in [0, 0.1) is 6.92 Å². The van der Waals surface area contributed by atoms with Gasteiger partial charge in [0.1, 0.15) is 5.75 Å². The molecule has 0 aromatic heterocycles. The molecule has 0 atom stereocenters. The van der Waals surface area contributed by atoms with Gasteiger partial charge in [0.15, 0.2) is 0 Å². The molecule has 0 saturated carbocycles. The van der Waals surface area contributed by atoms with Gasteiger partial charge >= 0.3 is 0 Å². The SMILES string of the molecule is CCc1ccc(N(c2ccc(Cc3cc(C(C)(C)c4ccccc4)cc(C)c3O)cc2)c2ccc(-c3ccccc3)cc2)cc1. The van der Waals surface area contributed by atoms with Crippen molar-refractivity contribution in [1.82, 2.24) is 0 Å². The molecule has 0 bridgehead atoms. The third-order valence-electron chi connectivity index (χ3n) is 9.02. The van der Waals surface area contributed by atoms with Crippen molar-refractivity contribution in [3.63, 3.8) is 0 Å². The average Bonchev–Trinajstić information content (AvgIpc) is 3.09. The Morgan fingerprint density at radius 3 is 1.60 bits per heavy atom. The normalized spacial score (nSPS) is 11.4. The number of nitrogens with zero attached hydrogens (tertiary/aromatic N) is 1. The second-order valence-electron chi connectivity index (χ2n) is 12.4. The topological polar surface area (TPSA) is 23.5 Å². The van der Waals surface area contributed by atoms with Crippen LogP contribution in [0.3, 0.4) is 0 Å². The molecule has 0 radical (unpaired) electrons. The van der Waals surface area contributed by atoms with E-state index in [1.807, 2.05) is 13.0 Å². The van der Waals surface area contributed by atoms with Crippen molar-refractivity contribution >= 4 is 17.1 Å². The molecule has 2 nitrogen and oxygen atoms in total. The molecular formula is C43H41NO. The number of aryl methyl sites for hydroxylation is 2. The fraction of sp³-hybridized carbons (Fsp3) is 0.163. The highest BCUT2D eigenvalue weighted by Crippen LogP contribution is 2.38. The van der Waals surface area contributed by atoms with Crippen LogP contribution in [-0.4, -0.2) is 5.11 Å². The summed E-state index contributed by atoms with van der Waals surface area (Å²) in [6, 6.07) is 51.8. The predicted molar refractivity (Wildman–Crippen MR) is 190 cm³/mol. The largest absolute Gasteiger partial charge is 0.507 e. The van der Waals surface area contributed by atoms with Gasteiger partial charge < -0.3 is 10.0 Å². The minimum Gasteiger partial charge on any atom is -0.507 e. The highest BCUT2D eigenvalue weighted by atomic mass is 16.3. The van der Waals surface area contributed by atoms with E-state index in [0.717, 1.165) is 40.2 Å². The van der Waals surface area contributed by atoms with E-state index >= 15 is 0 Å². The molecule has 224 valence electrons. The van der Waals surface area contributed by atoms with Crippen molar-refractivity contribution in [2.45, 2.75) is 46.0 Å². The van der Waals surface area contributed by atoms with Crippen LogP contribution < -0.4 is 4.90 Å². The number of hydrogen-bond donors (Lipinski definition) is 1. The lowest BCUT2D eigenvalue weighted by atomic mass is 9.76. The molecule has 6 aromatic carbocycles. The number of phenols is 1. The van der Waals surface area contributed by atoms with Crippen molar-refractivity contribution in [2.75, 3.05) is 4.90 Å². The third kappa shape index (κ3) is 6.42. The first kappa shape index (κ1) is 30.0. The summed E-state index contributed by atoms with van der Waals surface area (Å²) in [5, 5.41) is 11.1. The number of hydrogen-bond acceptors (Lipinski definition) is 2. The zero-order valence-corrected chi connectivity index (χ0v) is 26.7. The zero-order chi connectivity index (χ0) is 31.4. The number of aromatic hydroxyl groups is 1. The quantitative estimate of drug-likeness (QED) is 0.182. The van der Waals surface area contributed by atoms with Gasteiger partial charge in [0.05, 0.1) is 0 Å². The van der Waals surface area contributed by atoms with Crippen molar-refractivity contribution < 1.29 is 5.11 Å². The van der Waals surface area contributed by atoms with Gasteiger partial charge in [-0.2, -0.15) is 0 Å². The number of rotatable bonds is 9. The molecule has 6 aromatic rings.